The van der Waals surface area contributed by atoms with E-state index in [1.54, 1.807) is 0 Å². The summed E-state index contributed by atoms with van der Waals surface area (Å²) in [5.74, 6) is 2.92. The lowest BCUT2D eigenvalue weighted by molar-refractivity contribution is 0.0156. The third kappa shape index (κ3) is 2.14. The molecule has 2 aliphatic rings. The standard InChI is InChI=1S/C15H20O2S/c1-14(2)8-15(16,10-18-9-14)12-3-4-13-11(7-12)5-6-17-13/h3-4,7,16H,5-6,8-10H2,1-2H3. The minimum atomic E-state index is -0.677. The van der Waals surface area contributed by atoms with Crippen LogP contribution in [0.15, 0.2) is 18.2 Å². The molecule has 2 aliphatic heterocycles. The SMILES string of the molecule is CC1(C)CSCC(O)(c2ccc3c(c2)CCO3)C1. The van der Waals surface area contributed by atoms with Gasteiger partial charge in [0.25, 0.3) is 0 Å². The summed E-state index contributed by atoms with van der Waals surface area (Å²) < 4.78 is 5.53. The first kappa shape index (κ1) is 12.4. The molecule has 98 valence electrons. The predicted molar refractivity (Wildman–Crippen MR) is 75.3 cm³/mol. The quantitative estimate of drug-likeness (QED) is 0.845. The Kier molecular flexibility index (Phi) is 2.87. The van der Waals surface area contributed by atoms with Gasteiger partial charge in [0.15, 0.2) is 0 Å². The molecule has 1 unspecified atom stereocenters. The van der Waals surface area contributed by atoms with E-state index in [9.17, 15) is 5.11 Å². The van der Waals surface area contributed by atoms with E-state index in [1.807, 2.05) is 23.9 Å². The average molecular weight is 264 g/mol. The molecule has 1 N–H and O–H groups in total. The van der Waals surface area contributed by atoms with Crippen LogP contribution in [0.4, 0.5) is 0 Å². The molecule has 0 aromatic heterocycles. The van der Waals surface area contributed by atoms with Crippen LogP contribution < -0.4 is 4.74 Å². The smallest absolute Gasteiger partial charge is 0.122 e. The van der Waals surface area contributed by atoms with Crippen molar-refractivity contribution in [2.75, 3.05) is 18.1 Å². The number of benzene rings is 1. The summed E-state index contributed by atoms with van der Waals surface area (Å²) in [4.78, 5) is 0. The molecule has 3 heteroatoms. The first-order chi connectivity index (χ1) is 8.49. The zero-order valence-corrected chi connectivity index (χ0v) is 11.8. The molecule has 1 aromatic rings. The fraction of sp³-hybridized carbons (Fsp3) is 0.600. The topological polar surface area (TPSA) is 29.5 Å². The van der Waals surface area contributed by atoms with Gasteiger partial charge in [-0.25, -0.2) is 0 Å². The molecule has 18 heavy (non-hydrogen) atoms. The molecule has 0 spiro atoms. The van der Waals surface area contributed by atoms with E-state index in [0.29, 0.717) is 0 Å². The highest BCUT2D eigenvalue weighted by atomic mass is 32.2. The number of ether oxygens (including phenoxy) is 1. The third-order valence-electron chi connectivity index (χ3n) is 3.83. The molecule has 2 heterocycles. The lowest BCUT2D eigenvalue weighted by atomic mass is 9.78. The monoisotopic (exact) mass is 264 g/mol. The Morgan fingerprint density at radius 1 is 1.28 bits per heavy atom. The third-order valence-corrected chi connectivity index (χ3v) is 5.50. The summed E-state index contributed by atoms with van der Waals surface area (Å²) in [6.07, 6.45) is 1.81. The minimum absolute atomic E-state index is 0.202. The van der Waals surface area contributed by atoms with Crippen LogP contribution in [-0.4, -0.2) is 23.2 Å². The summed E-state index contributed by atoms with van der Waals surface area (Å²) in [5.41, 5.74) is 1.83. The second-order valence-corrected chi connectivity index (χ2v) is 7.27. The number of rotatable bonds is 1. The Balaban J connectivity index is 1.93. The number of thioether (sulfide) groups is 1. The highest BCUT2D eigenvalue weighted by molar-refractivity contribution is 7.99. The van der Waals surface area contributed by atoms with Gasteiger partial charge in [0.1, 0.15) is 5.75 Å². The van der Waals surface area contributed by atoms with Crippen LogP contribution in [0.3, 0.4) is 0 Å². The van der Waals surface area contributed by atoms with E-state index < -0.39 is 5.60 Å². The molecule has 1 atom stereocenters. The van der Waals surface area contributed by atoms with Gasteiger partial charge in [-0.05, 0) is 40.8 Å². The van der Waals surface area contributed by atoms with E-state index in [0.717, 1.165) is 42.3 Å². The van der Waals surface area contributed by atoms with Gasteiger partial charge in [0.2, 0.25) is 0 Å². The second kappa shape index (κ2) is 4.17. The average Bonchev–Trinajstić information content (AvgIpc) is 2.73. The molecule has 1 aromatic carbocycles. The van der Waals surface area contributed by atoms with Gasteiger partial charge < -0.3 is 9.84 Å². The summed E-state index contributed by atoms with van der Waals surface area (Å²) in [5, 5.41) is 10.9. The van der Waals surface area contributed by atoms with Crippen LogP contribution in [0.25, 0.3) is 0 Å². The van der Waals surface area contributed by atoms with Gasteiger partial charge in [-0.3, -0.25) is 0 Å². The minimum Gasteiger partial charge on any atom is -0.493 e. The molecular formula is C15H20O2S. The summed E-state index contributed by atoms with van der Waals surface area (Å²) in [6, 6.07) is 6.19. The molecule has 3 rings (SSSR count). The van der Waals surface area contributed by atoms with Gasteiger partial charge >= 0.3 is 0 Å². The zero-order valence-electron chi connectivity index (χ0n) is 11.0. The molecule has 0 saturated carbocycles. The molecule has 0 aliphatic carbocycles. The van der Waals surface area contributed by atoms with Crippen molar-refractivity contribution < 1.29 is 9.84 Å². The Labute approximate surface area is 113 Å². The van der Waals surface area contributed by atoms with E-state index in [1.165, 1.54) is 5.56 Å². The van der Waals surface area contributed by atoms with Crippen molar-refractivity contribution in [3.8, 4) is 5.75 Å². The maximum Gasteiger partial charge on any atom is 0.122 e. The molecule has 1 saturated heterocycles. The molecule has 0 amide bonds. The van der Waals surface area contributed by atoms with Crippen molar-refractivity contribution in [1.82, 2.24) is 0 Å². The van der Waals surface area contributed by atoms with Crippen LogP contribution >= 0.6 is 11.8 Å². The van der Waals surface area contributed by atoms with Crippen LogP contribution in [0.1, 0.15) is 31.4 Å². The molecule has 0 radical (unpaired) electrons. The highest BCUT2D eigenvalue weighted by Crippen LogP contribution is 2.45. The Morgan fingerprint density at radius 3 is 2.89 bits per heavy atom. The molecule has 0 bridgehead atoms. The van der Waals surface area contributed by atoms with E-state index in [4.69, 9.17) is 4.74 Å². The van der Waals surface area contributed by atoms with Crippen LogP contribution in [0, 0.1) is 5.41 Å². The Bertz CT molecular complexity index is 470. The van der Waals surface area contributed by atoms with Gasteiger partial charge in [0, 0.05) is 12.2 Å². The first-order valence-electron chi connectivity index (χ1n) is 6.55. The van der Waals surface area contributed by atoms with Crippen LogP contribution in [-0.2, 0) is 12.0 Å². The normalized spacial score (nSPS) is 29.7. The van der Waals surface area contributed by atoms with Crippen molar-refractivity contribution >= 4 is 11.8 Å². The van der Waals surface area contributed by atoms with Gasteiger partial charge in [-0.1, -0.05) is 19.9 Å². The van der Waals surface area contributed by atoms with Crippen LogP contribution in [0.2, 0.25) is 0 Å². The largest absolute Gasteiger partial charge is 0.493 e. The Hall–Kier alpha value is -0.670. The van der Waals surface area contributed by atoms with Crippen LogP contribution in [0.5, 0.6) is 5.75 Å². The van der Waals surface area contributed by atoms with Crippen molar-refractivity contribution in [2.24, 2.45) is 5.41 Å². The summed E-state index contributed by atoms with van der Waals surface area (Å²) in [7, 11) is 0. The zero-order chi connectivity index (χ0) is 12.8. The fourth-order valence-electron chi connectivity index (χ4n) is 3.05. The van der Waals surface area contributed by atoms with E-state index in [-0.39, 0.29) is 5.41 Å². The van der Waals surface area contributed by atoms with E-state index in [2.05, 4.69) is 19.9 Å². The predicted octanol–water partition coefficient (Wildman–Crippen LogP) is 2.97. The molecular weight excluding hydrogens is 244 g/mol. The number of hydrogen-bond donors (Lipinski definition) is 1. The van der Waals surface area contributed by atoms with Gasteiger partial charge in [0.05, 0.1) is 12.2 Å². The second-order valence-electron chi connectivity index (χ2n) is 6.29. The maximum absolute atomic E-state index is 10.9. The van der Waals surface area contributed by atoms with Gasteiger partial charge in [-0.15, -0.1) is 0 Å². The van der Waals surface area contributed by atoms with Crippen molar-refractivity contribution in [3.05, 3.63) is 29.3 Å². The van der Waals surface area contributed by atoms with Crippen molar-refractivity contribution in [3.63, 3.8) is 0 Å². The highest BCUT2D eigenvalue weighted by Gasteiger charge is 2.40. The Morgan fingerprint density at radius 2 is 2.11 bits per heavy atom. The summed E-state index contributed by atoms with van der Waals surface area (Å²) in [6.45, 7) is 5.25. The molecule has 1 fully saturated rings. The number of hydrogen-bond acceptors (Lipinski definition) is 3. The number of fused-ring (bicyclic) bond motifs is 1. The maximum atomic E-state index is 10.9. The van der Waals surface area contributed by atoms with Crippen molar-refractivity contribution in [1.29, 1.82) is 0 Å². The van der Waals surface area contributed by atoms with Crippen molar-refractivity contribution in [2.45, 2.75) is 32.3 Å². The fourth-order valence-corrected chi connectivity index (χ4v) is 4.41. The lowest BCUT2D eigenvalue weighted by Gasteiger charge is -2.41. The number of aliphatic hydroxyl groups is 1. The summed E-state index contributed by atoms with van der Waals surface area (Å²) >= 11 is 1.86. The molecule has 2 nitrogen and oxygen atoms in total. The van der Waals surface area contributed by atoms with E-state index >= 15 is 0 Å². The lowest BCUT2D eigenvalue weighted by Crippen LogP contribution is -2.40. The van der Waals surface area contributed by atoms with Gasteiger partial charge in [-0.2, -0.15) is 11.8 Å². The first-order valence-corrected chi connectivity index (χ1v) is 7.70.